The first kappa shape index (κ1) is 15.1. The number of anilines is 2. The van der Waals surface area contributed by atoms with E-state index in [0.717, 1.165) is 0 Å². The zero-order chi connectivity index (χ0) is 14.9. The number of sulfonamides is 1. The molecule has 2 rings (SSSR count). The van der Waals surface area contributed by atoms with Gasteiger partial charge in [-0.25, -0.2) is 8.42 Å². The maximum absolute atomic E-state index is 12.3. The summed E-state index contributed by atoms with van der Waals surface area (Å²) in [6, 6.07) is 4.55. The van der Waals surface area contributed by atoms with E-state index in [1.165, 1.54) is 24.5 Å². The number of rotatable bonds is 3. The minimum absolute atomic E-state index is 0.0548. The van der Waals surface area contributed by atoms with Gasteiger partial charge < -0.3 is 5.73 Å². The summed E-state index contributed by atoms with van der Waals surface area (Å²) in [5, 5.41) is 0.292. The Morgan fingerprint density at radius 1 is 1.30 bits per heavy atom. The van der Waals surface area contributed by atoms with Crippen molar-refractivity contribution in [2.45, 2.75) is 11.8 Å². The molecule has 3 N–H and O–H groups in total. The van der Waals surface area contributed by atoms with Crippen molar-refractivity contribution in [1.82, 2.24) is 4.98 Å². The minimum Gasteiger partial charge on any atom is -0.398 e. The Hall–Kier alpha value is -1.31. The lowest BCUT2D eigenvalue weighted by Crippen LogP contribution is -2.14. The maximum Gasteiger partial charge on any atom is 0.263 e. The fraction of sp³-hybridized carbons (Fsp3) is 0.0833. The summed E-state index contributed by atoms with van der Waals surface area (Å²) in [7, 11) is -3.73. The number of pyridine rings is 1. The molecule has 0 aliphatic heterocycles. The normalized spacial score (nSPS) is 11.3. The molecule has 0 saturated carbocycles. The largest absolute Gasteiger partial charge is 0.398 e. The highest BCUT2D eigenvalue weighted by atomic mass is 79.9. The zero-order valence-electron chi connectivity index (χ0n) is 10.4. The van der Waals surface area contributed by atoms with Gasteiger partial charge in [-0.3, -0.25) is 9.71 Å². The minimum atomic E-state index is -3.73. The second kappa shape index (κ2) is 5.59. The maximum atomic E-state index is 12.3. The average molecular weight is 377 g/mol. The van der Waals surface area contributed by atoms with E-state index in [-0.39, 0.29) is 4.90 Å². The highest BCUT2D eigenvalue weighted by Gasteiger charge is 2.17. The van der Waals surface area contributed by atoms with Gasteiger partial charge in [-0.2, -0.15) is 0 Å². The molecule has 0 amide bonds. The second-order valence-electron chi connectivity index (χ2n) is 4.13. The van der Waals surface area contributed by atoms with Crippen molar-refractivity contribution in [3.05, 3.63) is 45.7 Å². The van der Waals surface area contributed by atoms with E-state index in [1.807, 2.05) is 0 Å². The number of halogens is 2. The fourth-order valence-electron chi connectivity index (χ4n) is 1.56. The number of nitrogens with two attached hydrogens (primary N) is 1. The van der Waals surface area contributed by atoms with E-state index < -0.39 is 10.0 Å². The third-order valence-corrected chi connectivity index (χ3v) is 4.67. The molecule has 1 aromatic carbocycles. The first-order valence-corrected chi connectivity index (χ1v) is 8.14. The van der Waals surface area contributed by atoms with Crippen LogP contribution in [0.5, 0.6) is 0 Å². The summed E-state index contributed by atoms with van der Waals surface area (Å²) >= 11 is 9.09. The fourth-order valence-corrected chi connectivity index (χ4v) is 3.35. The van der Waals surface area contributed by atoms with E-state index in [4.69, 9.17) is 17.3 Å². The van der Waals surface area contributed by atoms with E-state index >= 15 is 0 Å². The number of aromatic nitrogens is 1. The van der Waals surface area contributed by atoms with Crippen LogP contribution in [0.25, 0.3) is 0 Å². The lowest BCUT2D eigenvalue weighted by Gasteiger charge is -2.12. The van der Waals surface area contributed by atoms with Crippen molar-refractivity contribution < 1.29 is 8.42 Å². The first-order chi connectivity index (χ1) is 9.29. The summed E-state index contributed by atoms with van der Waals surface area (Å²) in [6.07, 6.45) is 2.77. The summed E-state index contributed by atoms with van der Waals surface area (Å²) in [5.74, 6) is 0. The first-order valence-electron chi connectivity index (χ1n) is 5.48. The molecule has 0 bridgehead atoms. The van der Waals surface area contributed by atoms with Crippen LogP contribution >= 0.6 is 27.5 Å². The van der Waals surface area contributed by atoms with Crippen molar-refractivity contribution in [1.29, 1.82) is 0 Å². The third-order valence-electron chi connectivity index (χ3n) is 2.58. The van der Waals surface area contributed by atoms with Gasteiger partial charge in [0.1, 0.15) is 4.90 Å². The molecule has 20 heavy (non-hydrogen) atoms. The molecule has 0 atom stereocenters. The number of nitrogens with one attached hydrogen (secondary N) is 1. The van der Waals surface area contributed by atoms with Crippen LogP contribution in [-0.4, -0.2) is 13.4 Å². The topological polar surface area (TPSA) is 85.1 Å². The molecule has 0 fully saturated rings. The van der Waals surface area contributed by atoms with E-state index in [1.54, 1.807) is 13.0 Å². The number of hydrogen-bond acceptors (Lipinski definition) is 4. The smallest absolute Gasteiger partial charge is 0.263 e. The Morgan fingerprint density at radius 2 is 2.00 bits per heavy atom. The van der Waals surface area contributed by atoms with Gasteiger partial charge in [0, 0.05) is 16.9 Å². The average Bonchev–Trinajstić information content (AvgIpc) is 2.36. The molecular formula is C12H11BrClN3O2S. The predicted octanol–water partition coefficient (Wildman–Crippen LogP) is 3.19. The van der Waals surface area contributed by atoms with Gasteiger partial charge in [0.2, 0.25) is 0 Å². The van der Waals surface area contributed by atoms with Crippen molar-refractivity contribution in [3.8, 4) is 0 Å². The molecule has 8 heteroatoms. The molecule has 0 saturated heterocycles. The Bertz CT molecular complexity index is 765. The number of benzene rings is 1. The van der Waals surface area contributed by atoms with Gasteiger partial charge >= 0.3 is 0 Å². The summed E-state index contributed by atoms with van der Waals surface area (Å²) in [4.78, 5) is 3.89. The number of nitrogen functional groups attached to an aromatic ring is 1. The highest BCUT2D eigenvalue weighted by molar-refractivity contribution is 9.10. The Morgan fingerprint density at radius 3 is 2.65 bits per heavy atom. The standard InChI is InChI=1S/C12H11BrClN3O2S/c1-7-2-11(15)10(14)4-12(7)17-20(18,19)9-3-8(13)5-16-6-9/h2-6,17H,15H2,1H3. The molecule has 106 valence electrons. The van der Waals surface area contributed by atoms with Crippen LogP contribution in [0.2, 0.25) is 5.02 Å². The van der Waals surface area contributed by atoms with Crippen molar-refractivity contribution >= 4 is 48.9 Å². The molecule has 1 aromatic heterocycles. The quantitative estimate of drug-likeness (QED) is 0.806. The van der Waals surface area contributed by atoms with Crippen molar-refractivity contribution in [2.75, 3.05) is 10.5 Å². The van der Waals surface area contributed by atoms with Gasteiger partial charge in [0.25, 0.3) is 10.0 Å². The van der Waals surface area contributed by atoms with Gasteiger partial charge in [0.05, 0.1) is 16.4 Å². The number of aryl methyl sites for hydroxylation is 1. The van der Waals surface area contributed by atoms with Crippen LogP contribution in [-0.2, 0) is 10.0 Å². The Kier molecular flexibility index (Phi) is 4.22. The molecule has 0 unspecified atom stereocenters. The zero-order valence-corrected chi connectivity index (χ0v) is 13.6. The van der Waals surface area contributed by atoms with E-state index in [0.29, 0.717) is 26.4 Å². The lowest BCUT2D eigenvalue weighted by atomic mass is 10.2. The molecular weight excluding hydrogens is 366 g/mol. The van der Waals surface area contributed by atoms with Crippen molar-refractivity contribution in [3.63, 3.8) is 0 Å². The monoisotopic (exact) mass is 375 g/mol. The van der Waals surface area contributed by atoms with Crippen LogP contribution in [0, 0.1) is 6.92 Å². The summed E-state index contributed by atoms with van der Waals surface area (Å²) < 4.78 is 27.6. The predicted molar refractivity (Wildman–Crippen MR) is 83.3 cm³/mol. The van der Waals surface area contributed by atoms with Crippen LogP contribution in [0.3, 0.4) is 0 Å². The molecule has 0 radical (unpaired) electrons. The Balaban J connectivity index is 2.41. The number of nitrogens with zero attached hydrogens (tertiary/aromatic N) is 1. The summed E-state index contributed by atoms with van der Waals surface area (Å²) in [5.41, 5.74) is 7.12. The highest BCUT2D eigenvalue weighted by Crippen LogP contribution is 2.28. The van der Waals surface area contributed by atoms with Gasteiger partial charge in [-0.05, 0) is 46.6 Å². The summed E-state index contributed by atoms with van der Waals surface area (Å²) in [6.45, 7) is 1.74. The Labute approximate surface area is 130 Å². The number of hydrogen-bond donors (Lipinski definition) is 2. The molecule has 0 spiro atoms. The molecule has 0 aliphatic rings. The molecule has 5 nitrogen and oxygen atoms in total. The van der Waals surface area contributed by atoms with E-state index in [9.17, 15) is 8.42 Å². The van der Waals surface area contributed by atoms with Gasteiger partial charge in [0.15, 0.2) is 0 Å². The lowest BCUT2D eigenvalue weighted by molar-refractivity contribution is 0.600. The SMILES string of the molecule is Cc1cc(N)c(Cl)cc1NS(=O)(=O)c1cncc(Br)c1. The molecule has 2 aromatic rings. The van der Waals surface area contributed by atoms with Crippen LogP contribution < -0.4 is 10.5 Å². The van der Waals surface area contributed by atoms with Crippen molar-refractivity contribution in [2.24, 2.45) is 0 Å². The van der Waals surface area contributed by atoms with Gasteiger partial charge in [-0.1, -0.05) is 11.6 Å². The van der Waals surface area contributed by atoms with Crippen LogP contribution in [0.1, 0.15) is 5.56 Å². The molecule has 0 aliphatic carbocycles. The van der Waals surface area contributed by atoms with E-state index in [2.05, 4.69) is 25.6 Å². The molecule has 1 heterocycles. The van der Waals surface area contributed by atoms with Crippen LogP contribution in [0.4, 0.5) is 11.4 Å². The van der Waals surface area contributed by atoms with Gasteiger partial charge in [-0.15, -0.1) is 0 Å². The third kappa shape index (κ3) is 3.23. The second-order valence-corrected chi connectivity index (χ2v) is 7.14. The van der Waals surface area contributed by atoms with Crippen LogP contribution in [0.15, 0.2) is 40.0 Å².